The molecule has 1 saturated heterocycles. The summed E-state index contributed by atoms with van der Waals surface area (Å²) in [6.07, 6.45) is 0.179. The van der Waals surface area contributed by atoms with Crippen molar-refractivity contribution in [1.29, 1.82) is 0 Å². The summed E-state index contributed by atoms with van der Waals surface area (Å²) < 4.78 is 5.76. The Bertz CT molecular complexity index is 560. The first-order valence-electron chi connectivity index (χ1n) is 8.70. The quantitative estimate of drug-likeness (QED) is 0.861. The Morgan fingerprint density at radius 1 is 1.38 bits per heavy atom. The molecule has 0 saturated carbocycles. The number of hydrogen-bond acceptors (Lipinski definition) is 4. The Morgan fingerprint density at radius 3 is 2.79 bits per heavy atom. The van der Waals surface area contributed by atoms with Gasteiger partial charge < -0.3 is 15.0 Å². The van der Waals surface area contributed by atoms with Crippen molar-refractivity contribution in [3.05, 3.63) is 34.9 Å². The molecule has 0 radical (unpaired) electrons. The van der Waals surface area contributed by atoms with E-state index in [1.165, 1.54) is 11.1 Å². The van der Waals surface area contributed by atoms with Gasteiger partial charge in [0.2, 0.25) is 5.91 Å². The van der Waals surface area contributed by atoms with E-state index >= 15 is 0 Å². The zero-order chi connectivity index (χ0) is 17.7. The van der Waals surface area contributed by atoms with E-state index in [2.05, 4.69) is 47.2 Å². The maximum Gasteiger partial charge on any atom is 0.234 e. The predicted molar refractivity (Wildman–Crippen MR) is 97.2 cm³/mol. The maximum atomic E-state index is 12.4. The standard InChI is InChI=1S/C19H31N3O2/c1-14-6-7-17(10-15(14)2)16(3)20-19(23)13-22-8-9-24-18(12-22)11-21(4)5/h6-7,10,16,18H,8-9,11-13H2,1-5H3,(H,20,23). The molecule has 2 atom stereocenters. The normalized spacial score (nSPS) is 20.2. The molecule has 2 rings (SSSR count). The average molecular weight is 333 g/mol. The highest BCUT2D eigenvalue weighted by Crippen LogP contribution is 2.16. The molecule has 0 bridgehead atoms. The highest BCUT2D eigenvalue weighted by Gasteiger charge is 2.23. The van der Waals surface area contributed by atoms with Crippen molar-refractivity contribution in [2.24, 2.45) is 0 Å². The highest BCUT2D eigenvalue weighted by molar-refractivity contribution is 5.78. The van der Waals surface area contributed by atoms with Gasteiger partial charge >= 0.3 is 0 Å². The molecule has 24 heavy (non-hydrogen) atoms. The van der Waals surface area contributed by atoms with E-state index in [-0.39, 0.29) is 18.1 Å². The number of aryl methyl sites for hydroxylation is 2. The number of carbonyl (C=O) groups is 1. The fourth-order valence-corrected chi connectivity index (χ4v) is 3.05. The van der Waals surface area contributed by atoms with Crippen LogP contribution in [0.2, 0.25) is 0 Å². The minimum Gasteiger partial charge on any atom is -0.374 e. The largest absolute Gasteiger partial charge is 0.374 e. The summed E-state index contributed by atoms with van der Waals surface area (Å²) >= 11 is 0. The summed E-state index contributed by atoms with van der Waals surface area (Å²) in [5.41, 5.74) is 3.68. The molecule has 0 aromatic heterocycles. The van der Waals surface area contributed by atoms with Gasteiger partial charge in [-0.1, -0.05) is 18.2 Å². The fourth-order valence-electron chi connectivity index (χ4n) is 3.05. The zero-order valence-electron chi connectivity index (χ0n) is 15.6. The molecule has 1 aromatic rings. The molecule has 5 nitrogen and oxygen atoms in total. The predicted octanol–water partition coefficient (Wildman–Crippen LogP) is 1.74. The molecular formula is C19H31N3O2. The molecule has 1 aliphatic rings. The Balaban J connectivity index is 1.84. The summed E-state index contributed by atoms with van der Waals surface area (Å²) in [6, 6.07) is 6.38. The van der Waals surface area contributed by atoms with Gasteiger partial charge in [-0.25, -0.2) is 0 Å². The van der Waals surface area contributed by atoms with E-state index in [0.717, 1.165) is 25.2 Å². The van der Waals surface area contributed by atoms with Gasteiger partial charge in [-0.3, -0.25) is 9.69 Å². The lowest BCUT2D eigenvalue weighted by atomic mass is 10.0. The van der Waals surface area contributed by atoms with E-state index < -0.39 is 0 Å². The third-order valence-electron chi connectivity index (χ3n) is 4.57. The van der Waals surface area contributed by atoms with Crippen LogP contribution in [-0.4, -0.2) is 68.7 Å². The van der Waals surface area contributed by atoms with Crippen molar-refractivity contribution in [2.45, 2.75) is 32.9 Å². The number of ether oxygens (including phenoxy) is 1. The molecule has 2 unspecified atom stereocenters. The number of nitrogens with zero attached hydrogens (tertiary/aromatic N) is 2. The van der Waals surface area contributed by atoms with Crippen LogP contribution < -0.4 is 5.32 Å². The number of nitrogens with one attached hydrogen (secondary N) is 1. The summed E-state index contributed by atoms with van der Waals surface area (Å²) in [5.74, 6) is 0.0752. The number of rotatable bonds is 6. The number of morpholine rings is 1. The summed E-state index contributed by atoms with van der Waals surface area (Å²) in [4.78, 5) is 16.7. The molecule has 1 heterocycles. The van der Waals surface area contributed by atoms with Gasteiger partial charge in [-0.05, 0) is 51.6 Å². The SMILES string of the molecule is Cc1ccc(C(C)NC(=O)CN2CCOC(CN(C)C)C2)cc1C. The molecule has 1 N–H and O–H groups in total. The fraction of sp³-hybridized carbons (Fsp3) is 0.632. The minimum absolute atomic E-state index is 0.0235. The first-order valence-corrected chi connectivity index (χ1v) is 8.70. The van der Waals surface area contributed by atoms with Crippen LogP contribution in [0.4, 0.5) is 0 Å². The molecule has 1 aliphatic heterocycles. The number of likely N-dealkylation sites (N-methyl/N-ethyl adjacent to an activating group) is 1. The molecule has 1 fully saturated rings. The van der Waals surface area contributed by atoms with Crippen molar-refractivity contribution >= 4 is 5.91 Å². The third-order valence-corrected chi connectivity index (χ3v) is 4.57. The smallest absolute Gasteiger partial charge is 0.234 e. The zero-order valence-corrected chi connectivity index (χ0v) is 15.6. The number of hydrogen-bond donors (Lipinski definition) is 1. The van der Waals surface area contributed by atoms with Crippen LogP contribution in [0.5, 0.6) is 0 Å². The lowest BCUT2D eigenvalue weighted by Gasteiger charge is -2.33. The van der Waals surface area contributed by atoms with Gasteiger partial charge in [-0.2, -0.15) is 0 Å². The molecule has 5 heteroatoms. The molecule has 134 valence electrons. The molecule has 0 spiro atoms. The third kappa shape index (κ3) is 5.58. The minimum atomic E-state index is 0.0235. The lowest BCUT2D eigenvalue weighted by molar-refractivity contribution is -0.125. The number of amides is 1. The lowest BCUT2D eigenvalue weighted by Crippen LogP contribution is -2.49. The second-order valence-electron chi connectivity index (χ2n) is 7.12. The topological polar surface area (TPSA) is 44.8 Å². The van der Waals surface area contributed by atoms with Crippen LogP contribution in [0.3, 0.4) is 0 Å². The van der Waals surface area contributed by atoms with Gasteiger partial charge in [0.25, 0.3) is 0 Å². The molecule has 1 amide bonds. The average Bonchev–Trinajstić information content (AvgIpc) is 2.49. The molecule has 0 aliphatic carbocycles. The van der Waals surface area contributed by atoms with Gasteiger partial charge in [0.15, 0.2) is 0 Å². The Kier molecular flexibility index (Phi) is 6.78. The van der Waals surface area contributed by atoms with Crippen molar-refractivity contribution in [1.82, 2.24) is 15.1 Å². The van der Waals surface area contributed by atoms with Gasteiger partial charge in [0.05, 0.1) is 25.3 Å². The second kappa shape index (κ2) is 8.60. The monoisotopic (exact) mass is 333 g/mol. The van der Waals surface area contributed by atoms with Crippen LogP contribution in [-0.2, 0) is 9.53 Å². The van der Waals surface area contributed by atoms with Gasteiger partial charge in [0.1, 0.15) is 0 Å². The van der Waals surface area contributed by atoms with Crippen LogP contribution in [0.15, 0.2) is 18.2 Å². The summed E-state index contributed by atoms with van der Waals surface area (Å²) in [7, 11) is 4.08. The first-order chi connectivity index (χ1) is 11.3. The maximum absolute atomic E-state index is 12.4. The second-order valence-corrected chi connectivity index (χ2v) is 7.12. The number of carbonyl (C=O) groups excluding carboxylic acids is 1. The number of benzene rings is 1. The van der Waals surface area contributed by atoms with E-state index in [4.69, 9.17) is 4.74 Å². The van der Waals surface area contributed by atoms with Crippen LogP contribution in [0.1, 0.15) is 29.7 Å². The van der Waals surface area contributed by atoms with Crippen molar-refractivity contribution in [3.63, 3.8) is 0 Å². The van der Waals surface area contributed by atoms with Crippen LogP contribution in [0.25, 0.3) is 0 Å². The van der Waals surface area contributed by atoms with Crippen molar-refractivity contribution < 1.29 is 9.53 Å². The van der Waals surface area contributed by atoms with E-state index in [1.807, 2.05) is 21.0 Å². The highest BCUT2D eigenvalue weighted by atomic mass is 16.5. The summed E-state index contributed by atoms with van der Waals surface area (Å²) in [6.45, 7) is 9.88. The van der Waals surface area contributed by atoms with Crippen molar-refractivity contribution in [2.75, 3.05) is 46.9 Å². The van der Waals surface area contributed by atoms with E-state index in [0.29, 0.717) is 13.2 Å². The first kappa shape index (κ1) is 18.9. The molecular weight excluding hydrogens is 302 g/mol. The van der Waals surface area contributed by atoms with Crippen molar-refractivity contribution in [3.8, 4) is 0 Å². The van der Waals surface area contributed by atoms with Crippen LogP contribution in [0, 0.1) is 13.8 Å². The van der Waals surface area contributed by atoms with Crippen LogP contribution >= 0.6 is 0 Å². The molecule has 1 aromatic carbocycles. The Morgan fingerprint density at radius 2 is 2.12 bits per heavy atom. The van der Waals surface area contributed by atoms with Gasteiger partial charge in [0, 0.05) is 19.6 Å². The van der Waals surface area contributed by atoms with Gasteiger partial charge in [-0.15, -0.1) is 0 Å². The Hall–Kier alpha value is -1.43. The Labute approximate surface area is 146 Å². The van der Waals surface area contributed by atoms with E-state index in [1.54, 1.807) is 0 Å². The summed E-state index contributed by atoms with van der Waals surface area (Å²) in [5, 5.41) is 3.11. The van der Waals surface area contributed by atoms with E-state index in [9.17, 15) is 4.79 Å².